The molecule has 0 fully saturated rings. The van der Waals surface area contributed by atoms with Crippen molar-refractivity contribution < 1.29 is 18.0 Å². The molecule has 7 nitrogen and oxygen atoms in total. The van der Waals surface area contributed by atoms with Crippen molar-refractivity contribution >= 4 is 39.3 Å². The Balaban J connectivity index is 1.66. The average molecular weight is 464 g/mol. The molecule has 0 aliphatic heterocycles. The van der Waals surface area contributed by atoms with Crippen molar-refractivity contribution in [3.8, 4) is 0 Å². The van der Waals surface area contributed by atoms with Gasteiger partial charge in [0.15, 0.2) is 0 Å². The number of carbonyl (C=O) groups is 2. The van der Waals surface area contributed by atoms with Crippen LogP contribution in [0.3, 0.4) is 0 Å². The number of nitrogens with one attached hydrogen (secondary N) is 2. The monoisotopic (exact) mass is 463 g/mol. The zero-order valence-corrected chi connectivity index (χ0v) is 19.2. The Bertz CT molecular complexity index is 1270. The van der Waals surface area contributed by atoms with Gasteiger partial charge in [0, 0.05) is 18.1 Å². The largest absolute Gasteiger partial charge is 0.324 e. The molecule has 0 aliphatic carbocycles. The van der Waals surface area contributed by atoms with Gasteiger partial charge in [-0.15, -0.1) is 0 Å². The third-order valence-electron chi connectivity index (χ3n) is 4.75. The van der Waals surface area contributed by atoms with Crippen LogP contribution in [0.5, 0.6) is 0 Å². The third-order valence-corrected chi connectivity index (χ3v) is 6.23. The molecular formula is C25H25N3O4S. The summed E-state index contributed by atoms with van der Waals surface area (Å²) in [5.74, 6) is -0.951. The van der Waals surface area contributed by atoms with Crippen LogP contribution in [0.25, 0.3) is 6.08 Å². The van der Waals surface area contributed by atoms with E-state index >= 15 is 0 Å². The second-order valence-electron chi connectivity index (χ2n) is 7.43. The topological polar surface area (TPSA) is 95.6 Å². The summed E-state index contributed by atoms with van der Waals surface area (Å²) in [4.78, 5) is 25.3. The van der Waals surface area contributed by atoms with Crippen molar-refractivity contribution in [2.75, 3.05) is 24.2 Å². The quantitative estimate of drug-likeness (QED) is 0.525. The van der Waals surface area contributed by atoms with Gasteiger partial charge in [0.05, 0.1) is 17.8 Å². The molecule has 0 unspecified atom stereocenters. The fraction of sp³-hybridized carbons (Fsp3) is 0.120. The van der Waals surface area contributed by atoms with Gasteiger partial charge < -0.3 is 10.6 Å². The van der Waals surface area contributed by atoms with Gasteiger partial charge in [0.2, 0.25) is 15.9 Å². The number of nitrogens with zero attached hydrogens (tertiary/aromatic N) is 1. The molecule has 170 valence electrons. The zero-order chi connectivity index (χ0) is 23.8. The smallest absolute Gasteiger partial charge is 0.257 e. The molecule has 8 heteroatoms. The van der Waals surface area contributed by atoms with E-state index in [1.807, 2.05) is 31.2 Å². The SMILES string of the molecule is Cc1cccc(NC(=O)c2ccccc2NC(=O)CN(C)S(=O)(=O)/C=C/c2ccccc2)c1. The Labute approximate surface area is 193 Å². The van der Waals surface area contributed by atoms with E-state index in [0.29, 0.717) is 11.4 Å². The molecule has 0 radical (unpaired) electrons. The van der Waals surface area contributed by atoms with Crippen molar-refractivity contribution in [3.05, 3.63) is 101 Å². The van der Waals surface area contributed by atoms with Gasteiger partial charge in [-0.25, -0.2) is 8.42 Å². The molecule has 2 amide bonds. The number of amides is 2. The minimum Gasteiger partial charge on any atom is -0.324 e. The highest BCUT2D eigenvalue weighted by atomic mass is 32.2. The number of benzene rings is 3. The molecule has 0 aliphatic rings. The van der Waals surface area contributed by atoms with Gasteiger partial charge in [-0.05, 0) is 48.4 Å². The van der Waals surface area contributed by atoms with Gasteiger partial charge in [0.1, 0.15) is 0 Å². The van der Waals surface area contributed by atoms with Gasteiger partial charge in [-0.1, -0.05) is 54.6 Å². The number of anilines is 2. The van der Waals surface area contributed by atoms with Crippen LogP contribution in [0.2, 0.25) is 0 Å². The standard InChI is InChI=1S/C25H25N3O4S/c1-19-9-8-12-21(17-19)26-25(30)22-13-6-7-14-23(22)27-24(29)18-28(2)33(31,32)16-15-20-10-4-3-5-11-20/h3-17H,18H2,1-2H3,(H,26,30)(H,27,29)/b16-15+. The van der Waals surface area contributed by atoms with E-state index in [2.05, 4.69) is 10.6 Å². The van der Waals surface area contributed by atoms with Gasteiger partial charge in [0.25, 0.3) is 5.91 Å². The molecule has 0 saturated carbocycles. The third kappa shape index (κ3) is 6.86. The second kappa shape index (κ2) is 10.7. The van der Waals surface area contributed by atoms with Crippen LogP contribution in [0.4, 0.5) is 11.4 Å². The number of likely N-dealkylation sites (N-methyl/N-ethyl adjacent to an activating group) is 1. The summed E-state index contributed by atoms with van der Waals surface area (Å²) < 4.78 is 25.9. The molecule has 0 atom stereocenters. The Hall–Kier alpha value is -3.75. The summed E-state index contributed by atoms with van der Waals surface area (Å²) in [6, 6.07) is 22.9. The number of hydrogen-bond acceptors (Lipinski definition) is 4. The maximum absolute atomic E-state index is 12.8. The van der Waals surface area contributed by atoms with E-state index in [0.717, 1.165) is 20.8 Å². The predicted molar refractivity (Wildman–Crippen MR) is 131 cm³/mol. The van der Waals surface area contributed by atoms with Gasteiger partial charge in [-0.3, -0.25) is 9.59 Å². The molecular weight excluding hydrogens is 438 g/mol. The molecule has 3 rings (SSSR count). The van der Waals surface area contributed by atoms with E-state index < -0.39 is 22.5 Å². The maximum Gasteiger partial charge on any atom is 0.257 e. The highest BCUT2D eigenvalue weighted by Crippen LogP contribution is 2.18. The van der Waals surface area contributed by atoms with Crippen LogP contribution in [0.1, 0.15) is 21.5 Å². The van der Waals surface area contributed by atoms with E-state index in [1.54, 1.807) is 54.6 Å². The first-order valence-electron chi connectivity index (χ1n) is 10.2. The van der Waals surface area contributed by atoms with Crippen molar-refractivity contribution in [1.29, 1.82) is 0 Å². The first-order chi connectivity index (χ1) is 15.7. The molecule has 33 heavy (non-hydrogen) atoms. The number of hydrogen-bond donors (Lipinski definition) is 2. The Kier molecular flexibility index (Phi) is 7.76. The lowest BCUT2D eigenvalue weighted by Crippen LogP contribution is -2.34. The number of rotatable bonds is 8. The molecule has 3 aromatic carbocycles. The molecule has 0 aromatic heterocycles. The predicted octanol–water partition coefficient (Wildman–Crippen LogP) is 4.12. The fourth-order valence-electron chi connectivity index (χ4n) is 3.03. The second-order valence-corrected chi connectivity index (χ2v) is 9.36. The minimum atomic E-state index is -3.80. The van der Waals surface area contributed by atoms with Crippen LogP contribution in [-0.4, -0.2) is 38.1 Å². The summed E-state index contributed by atoms with van der Waals surface area (Å²) in [6.45, 7) is 1.51. The maximum atomic E-state index is 12.8. The van der Waals surface area contributed by atoms with Gasteiger partial charge >= 0.3 is 0 Å². The molecule has 0 saturated heterocycles. The van der Waals surface area contributed by atoms with Crippen LogP contribution in [-0.2, 0) is 14.8 Å². The molecule has 3 aromatic rings. The van der Waals surface area contributed by atoms with Crippen LogP contribution < -0.4 is 10.6 Å². The highest BCUT2D eigenvalue weighted by molar-refractivity contribution is 7.92. The number of carbonyl (C=O) groups excluding carboxylic acids is 2. The lowest BCUT2D eigenvalue weighted by atomic mass is 10.1. The van der Waals surface area contributed by atoms with E-state index in [-0.39, 0.29) is 11.5 Å². The first-order valence-corrected chi connectivity index (χ1v) is 11.7. The average Bonchev–Trinajstić information content (AvgIpc) is 2.78. The number of aryl methyl sites for hydroxylation is 1. The van der Waals surface area contributed by atoms with Crippen LogP contribution in [0, 0.1) is 6.92 Å². The van der Waals surface area contributed by atoms with E-state index in [4.69, 9.17) is 0 Å². The zero-order valence-electron chi connectivity index (χ0n) is 18.4. The number of sulfonamides is 1. The Morgan fingerprint density at radius 1 is 0.909 bits per heavy atom. The van der Waals surface area contributed by atoms with Crippen molar-refractivity contribution in [2.24, 2.45) is 0 Å². The molecule has 0 heterocycles. The summed E-state index contributed by atoms with van der Waals surface area (Å²) >= 11 is 0. The lowest BCUT2D eigenvalue weighted by Gasteiger charge is -2.16. The summed E-state index contributed by atoms with van der Waals surface area (Å²) in [6.07, 6.45) is 1.47. The Morgan fingerprint density at radius 2 is 1.61 bits per heavy atom. The lowest BCUT2D eigenvalue weighted by molar-refractivity contribution is -0.116. The van der Waals surface area contributed by atoms with E-state index in [1.165, 1.54) is 13.1 Å². The summed E-state index contributed by atoms with van der Waals surface area (Å²) in [5.41, 5.74) is 2.92. The highest BCUT2D eigenvalue weighted by Gasteiger charge is 2.19. The summed E-state index contributed by atoms with van der Waals surface area (Å²) in [7, 11) is -2.48. The summed E-state index contributed by atoms with van der Waals surface area (Å²) in [5, 5.41) is 6.49. The Morgan fingerprint density at radius 3 is 2.33 bits per heavy atom. The molecule has 0 bridgehead atoms. The molecule has 2 N–H and O–H groups in total. The minimum absolute atomic E-state index is 0.266. The number of para-hydroxylation sites is 1. The van der Waals surface area contributed by atoms with Crippen molar-refractivity contribution in [1.82, 2.24) is 4.31 Å². The van der Waals surface area contributed by atoms with Crippen molar-refractivity contribution in [3.63, 3.8) is 0 Å². The van der Waals surface area contributed by atoms with E-state index in [9.17, 15) is 18.0 Å². The van der Waals surface area contributed by atoms with Crippen molar-refractivity contribution in [2.45, 2.75) is 6.92 Å². The normalized spacial score (nSPS) is 11.5. The van der Waals surface area contributed by atoms with Gasteiger partial charge in [-0.2, -0.15) is 4.31 Å². The molecule has 0 spiro atoms. The van der Waals surface area contributed by atoms with Crippen LogP contribution in [0.15, 0.2) is 84.3 Å². The first kappa shape index (κ1) is 23.9. The van der Waals surface area contributed by atoms with Crippen LogP contribution >= 0.6 is 0 Å². The fourth-order valence-corrected chi connectivity index (χ4v) is 3.86.